The molecule has 0 aromatic heterocycles. The first-order valence-electron chi connectivity index (χ1n) is 7.41. The van der Waals surface area contributed by atoms with E-state index in [1.54, 1.807) is 0 Å². The van der Waals surface area contributed by atoms with E-state index in [0.717, 1.165) is 41.9 Å². The molecular weight excluding hydrogens is 326 g/mol. The van der Waals surface area contributed by atoms with Crippen molar-refractivity contribution in [3.63, 3.8) is 0 Å². The van der Waals surface area contributed by atoms with Crippen LogP contribution >= 0.6 is 15.9 Å². The molecule has 0 bridgehead atoms. The van der Waals surface area contributed by atoms with Gasteiger partial charge < -0.3 is 10.1 Å². The Bertz CT molecular complexity index is 566. The van der Waals surface area contributed by atoms with Gasteiger partial charge in [0.05, 0.1) is 6.61 Å². The fourth-order valence-electron chi connectivity index (χ4n) is 2.00. The molecule has 21 heavy (non-hydrogen) atoms. The lowest BCUT2D eigenvalue weighted by Crippen LogP contribution is -2.00. The van der Waals surface area contributed by atoms with Crippen molar-refractivity contribution in [2.24, 2.45) is 0 Å². The van der Waals surface area contributed by atoms with Crippen molar-refractivity contribution in [3.8, 4) is 5.75 Å². The van der Waals surface area contributed by atoms with Gasteiger partial charge in [-0.15, -0.1) is 0 Å². The second-order valence-electron chi connectivity index (χ2n) is 5.16. The SMILES string of the molecule is CCCCOc1ccc(CNc2ccc(Br)c(C)c2)cc1. The molecule has 1 N–H and O–H groups in total. The molecule has 0 saturated carbocycles. The van der Waals surface area contributed by atoms with Gasteiger partial charge >= 0.3 is 0 Å². The van der Waals surface area contributed by atoms with E-state index in [-0.39, 0.29) is 0 Å². The molecule has 2 rings (SSSR count). The maximum absolute atomic E-state index is 5.67. The first-order chi connectivity index (χ1) is 10.2. The van der Waals surface area contributed by atoms with Crippen LogP contribution in [0.1, 0.15) is 30.9 Å². The Morgan fingerprint density at radius 3 is 2.52 bits per heavy atom. The zero-order valence-corrected chi connectivity index (χ0v) is 14.2. The number of benzene rings is 2. The predicted octanol–water partition coefficient (Wildman–Crippen LogP) is 5.55. The molecular formula is C18H22BrNO. The summed E-state index contributed by atoms with van der Waals surface area (Å²) in [5, 5.41) is 3.44. The summed E-state index contributed by atoms with van der Waals surface area (Å²) in [4.78, 5) is 0. The first-order valence-corrected chi connectivity index (χ1v) is 8.20. The molecule has 0 atom stereocenters. The topological polar surface area (TPSA) is 21.3 Å². The van der Waals surface area contributed by atoms with Crippen LogP contribution in [0.25, 0.3) is 0 Å². The summed E-state index contributed by atoms with van der Waals surface area (Å²) in [5.74, 6) is 0.951. The number of anilines is 1. The Kier molecular flexibility index (Phi) is 6.12. The number of rotatable bonds is 7. The molecule has 0 aliphatic rings. The van der Waals surface area contributed by atoms with Crippen LogP contribution in [-0.4, -0.2) is 6.61 Å². The van der Waals surface area contributed by atoms with Gasteiger partial charge in [0.25, 0.3) is 0 Å². The summed E-state index contributed by atoms with van der Waals surface area (Å²) >= 11 is 3.52. The number of aryl methyl sites for hydroxylation is 1. The van der Waals surface area contributed by atoms with Crippen LogP contribution in [0.4, 0.5) is 5.69 Å². The fourth-order valence-corrected chi connectivity index (χ4v) is 2.24. The Morgan fingerprint density at radius 2 is 1.86 bits per heavy atom. The normalized spacial score (nSPS) is 10.4. The van der Waals surface area contributed by atoms with Crippen LogP contribution in [0.3, 0.4) is 0 Å². The van der Waals surface area contributed by atoms with E-state index in [0.29, 0.717) is 0 Å². The van der Waals surface area contributed by atoms with Crippen LogP contribution in [-0.2, 0) is 6.54 Å². The van der Waals surface area contributed by atoms with Gasteiger partial charge in [-0.2, -0.15) is 0 Å². The number of ether oxygens (including phenoxy) is 1. The van der Waals surface area contributed by atoms with Crippen molar-refractivity contribution in [2.45, 2.75) is 33.2 Å². The molecule has 0 saturated heterocycles. The van der Waals surface area contributed by atoms with E-state index in [1.165, 1.54) is 11.1 Å². The van der Waals surface area contributed by atoms with E-state index in [9.17, 15) is 0 Å². The maximum atomic E-state index is 5.67. The monoisotopic (exact) mass is 347 g/mol. The van der Waals surface area contributed by atoms with Crippen LogP contribution < -0.4 is 10.1 Å². The lowest BCUT2D eigenvalue weighted by Gasteiger charge is -2.09. The summed E-state index contributed by atoms with van der Waals surface area (Å²) in [6, 6.07) is 14.6. The standard InChI is InChI=1S/C18H22BrNO/c1-3-4-11-21-17-8-5-15(6-9-17)13-20-16-7-10-18(19)14(2)12-16/h5-10,12,20H,3-4,11,13H2,1-2H3. The average molecular weight is 348 g/mol. The molecule has 2 nitrogen and oxygen atoms in total. The van der Waals surface area contributed by atoms with E-state index in [2.05, 4.69) is 65.4 Å². The summed E-state index contributed by atoms with van der Waals surface area (Å²) in [6.07, 6.45) is 2.26. The van der Waals surface area contributed by atoms with Crippen LogP contribution in [0.15, 0.2) is 46.9 Å². The van der Waals surface area contributed by atoms with Crippen molar-refractivity contribution in [1.29, 1.82) is 0 Å². The van der Waals surface area contributed by atoms with E-state index in [4.69, 9.17) is 4.74 Å². The third-order valence-corrected chi connectivity index (χ3v) is 4.23. The number of hydrogen-bond acceptors (Lipinski definition) is 2. The Hall–Kier alpha value is -1.48. The van der Waals surface area contributed by atoms with Crippen molar-refractivity contribution >= 4 is 21.6 Å². The van der Waals surface area contributed by atoms with Crippen LogP contribution in [0.2, 0.25) is 0 Å². The van der Waals surface area contributed by atoms with Crippen molar-refractivity contribution in [1.82, 2.24) is 0 Å². The molecule has 0 aliphatic heterocycles. The maximum Gasteiger partial charge on any atom is 0.119 e. The van der Waals surface area contributed by atoms with Gasteiger partial charge in [0.1, 0.15) is 5.75 Å². The summed E-state index contributed by atoms with van der Waals surface area (Å²) < 4.78 is 6.81. The third kappa shape index (κ3) is 5.09. The molecule has 0 fully saturated rings. The Morgan fingerprint density at radius 1 is 1.10 bits per heavy atom. The lowest BCUT2D eigenvalue weighted by atomic mass is 10.2. The third-order valence-electron chi connectivity index (χ3n) is 3.34. The van der Waals surface area contributed by atoms with Gasteiger partial charge in [-0.25, -0.2) is 0 Å². The summed E-state index contributed by atoms with van der Waals surface area (Å²) in [7, 11) is 0. The molecule has 3 heteroatoms. The fraction of sp³-hybridized carbons (Fsp3) is 0.333. The van der Waals surface area contributed by atoms with Gasteiger partial charge in [-0.3, -0.25) is 0 Å². The number of nitrogens with one attached hydrogen (secondary N) is 1. The van der Waals surface area contributed by atoms with Crippen molar-refractivity contribution < 1.29 is 4.74 Å². The molecule has 0 radical (unpaired) electrons. The molecule has 0 spiro atoms. The predicted molar refractivity (Wildman–Crippen MR) is 93.1 cm³/mol. The van der Waals surface area contributed by atoms with Crippen molar-refractivity contribution in [2.75, 3.05) is 11.9 Å². The molecule has 0 unspecified atom stereocenters. The zero-order chi connectivity index (χ0) is 15.1. The van der Waals surface area contributed by atoms with Gasteiger partial charge in [0.2, 0.25) is 0 Å². The second-order valence-corrected chi connectivity index (χ2v) is 6.02. The van der Waals surface area contributed by atoms with Gasteiger partial charge in [0, 0.05) is 16.7 Å². The van der Waals surface area contributed by atoms with E-state index >= 15 is 0 Å². The highest BCUT2D eigenvalue weighted by Gasteiger charge is 1.99. The summed E-state index contributed by atoms with van der Waals surface area (Å²) in [6.45, 7) is 5.88. The van der Waals surface area contributed by atoms with E-state index < -0.39 is 0 Å². The molecule has 0 heterocycles. The van der Waals surface area contributed by atoms with Gasteiger partial charge in [0.15, 0.2) is 0 Å². The highest BCUT2D eigenvalue weighted by atomic mass is 79.9. The first kappa shape index (κ1) is 15.9. The molecule has 2 aromatic carbocycles. The average Bonchev–Trinajstić information content (AvgIpc) is 2.50. The van der Waals surface area contributed by atoms with Crippen LogP contribution in [0, 0.1) is 6.92 Å². The van der Waals surface area contributed by atoms with Crippen LogP contribution in [0.5, 0.6) is 5.75 Å². The minimum atomic E-state index is 0.798. The quantitative estimate of drug-likeness (QED) is 0.663. The molecule has 0 aliphatic carbocycles. The number of unbranched alkanes of at least 4 members (excludes halogenated alkanes) is 1. The Balaban J connectivity index is 1.86. The molecule has 2 aromatic rings. The Labute approximate surface area is 135 Å². The van der Waals surface area contributed by atoms with Gasteiger partial charge in [-0.1, -0.05) is 41.4 Å². The number of hydrogen-bond donors (Lipinski definition) is 1. The summed E-state index contributed by atoms with van der Waals surface area (Å²) in [5.41, 5.74) is 3.62. The molecule has 0 amide bonds. The number of halogens is 1. The smallest absolute Gasteiger partial charge is 0.119 e. The second kappa shape index (κ2) is 8.08. The van der Waals surface area contributed by atoms with Crippen molar-refractivity contribution in [3.05, 3.63) is 58.1 Å². The highest BCUT2D eigenvalue weighted by molar-refractivity contribution is 9.10. The van der Waals surface area contributed by atoms with E-state index in [1.807, 2.05) is 12.1 Å². The van der Waals surface area contributed by atoms with Gasteiger partial charge in [-0.05, 0) is 54.8 Å². The minimum absolute atomic E-state index is 0.798. The minimum Gasteiger partial charge on any atom is -0.494 e. The highest BCUT2D eigenvalue weighted by Crippen LogP contribution is 2.21. The largest absolute Gasteiger partial charge is 0.494 e. The lowest BCUT2D eigenvalue weighted by molar-refractivity contribution is 0.309. The zero-order valence-electron chi connectivity index (χ0n) is 12.7. The molecule has 112 valence electrons.